The highest BCUT2D eigenvalue weighted by Crippen LogP contribution is 2.26. The lowest BCUT2D eigenvalue weighted by atomic mass is 10.1. The Balaban J connectivity index is 1.65. The minimum Gasteiger partial charge on any atom is -0.493 e. The van der Waals surface area contributed by atoms with Crippen LogP contribution in [0.5, 0.6) is 5.88 Å². The van der Waals surface area contributed by atoms with E-state index in [1.165, 1.54) is 11.3 Å². The average molecular weight is 376 g/mol. The molecule has 3 aromatic rings. The number of hydrogen-bond donors (Lipinski definition) is 3. The Bertz CT molecular complexity index is 948. The number of nitrogens with zero attached hydrogens (tertiary/aromatic N) is 2. The van der Waals surface area contributed by atoms with E-state index in [1.54, 1.807) is 13.8 Å². The maximum atomic E-state index is 12.1. The summed E-state index contributed by atoms with van der Waals surface area (Å²) >= 11 is 2.43. The second kappa shape index (κ2) is 7.24. The summed E-state index contributed by atoms with van der Waals surface area (Å²) in [6, 6.07) is 7.62. The molecule has 0 spiro atoms. The van der Waals surface area contributed by atoms with Gasteiger partial charge in [0.1, 0.15) is 0 Å². The number of amides is 1. The zero-order chi connectivity index (χ0) is 18.0. The molecule has 130 valence electrons. The summed E-state index contributed by atoms with van der Waals surface area (Å²) in [5, 5.41) is 13.3. The van der Waals surface area contributed by atoms with Crippen LogP contribution in [0.2, 0.25) is 0 Å². The largest absolute Gasteiger partial charge is 0.493 e. The van der Waals surface area contributed by atoms with Crippen LogP contribution >= 0.6 is 23.1 Å². The van der Waals surface area contributed by atoms with Gasteiger partial charge >= 0.3 is 0 Å². The minimum absolute atomic E-state index is 0.0410. The van der Waals surface area contributed by atoms with E-state index >= 15 is 0 Å². The molecule has 0 fully saturated rings. The number of thioether (sulfide) groups is 1. The van der Waals surface area contributed by atoms with Gasteiger partial charge in [-0.15, -0.1) is 0 Å². The predicted octanol–water partition coefficient (Wildman–Crippen LogP) is 2.94. The number of nitrogens with one attached hydrogen (secondary N) is 2. The molecule has 2 heterocycles. The highest BCUT2D eigenvalue weighted by Gasteiger charge is 2.15. The van der Waals surface area contributed by atoms with Crippen LogP contribution in [0.15, 0.2) is 34.2 Å². The Morgan fingerprint density at radius 3 is 2.80 bits per heavy atom. The van der Waals surface area contributed by atoms with Crippen molar-refractivity contribution >= 4 is 44.4 Å². The van der Waals surface area contributed by atoms with Gasteiger partial charge in [-0.25, -0.2) is 4.98 Å². The predicted molar refractivity (Wildman–Crippen MR) is 99.6 cm³/mol. The molecular weight excluding hydrogens is 360 g/mol. The van der Waals surface area contributed by atoms with E-state index in [1.807, 2.05) is 24.3 Å². The molecule has 3 N–H and O–H groups in total. The molecule has 2 aromatic heterocycles. The Hall–Kier alpha value is -2.39. The van der Waals surface area contributed by atoms with Crippen LogP contribution in [0.1, 0.15) is 25.3 Å². The molecule has 0 saturated carbocycles. The van der Waals surface area contributed by atoms with Crippen molar-refractivity contribution in [2.75, 3.05) is 11.1 Å². The molecule has 0 aliphatic rings. The highest BCUT2D eigenvalue weighted by molar-refractivity contribution is 7.99. The summed E-state index contributed by atoms with van der Waals surface area (Å²) in [6.07, 6.45) is 0. The fourth-order valence-corrected chi connectivity index (χ4v) is 3.79. The lowest BCUT2D eigenvalue weighted by Gasteiger charge is -2.07. The summed E-state index contributed by atoms with van der Waals surface area (Å²) in [6.45, 7) is 3.59. The van der Waals surface area contributed by atoms with Crippen molar-refractivity contribution in [3.63, 3.8) is 0 Å². The fraction of sp³-hybridized carbons (Fsp3) is 0.250. The molecule has 0 saturated heterocycles. The van der Waals surface area contributed by atoms with Crippen LogP contribution < -0.4 is 10.9 Å². The summed E-state index contributed by atoms with van der Waals surface area (Å²) in [7, 11) is 0. The number of anilines is 1. The van der Waals surface area contributed by atoms with Crippen molar-refractivity contribution in [2.45, 2.75) is 24.9 Å². The van der Waals surface area contributed by atoms with E-state index in [0.29, 0.717) is 5.13 Å². The van der Waals surface area contributed by atoms with Crippen LogP contribution in [0, 0.1) is 0 Å². The Morgan fingerprint density at radius 1 is 1.36 bits per heavy atom. The molecule has 1 aromatic carbocycles. The lowest BCUT2D eigenvalue weighted by molar-refractivity contribution is -0.113. The van der Waals surface area contributed by atoms with Crippen LogP contribution in [0.4, 0.5) is 5.13 Å². The third-order valence-electron chi connectivity index (χ3n) is 3.37. The van der Waals surface area contributed by atoms with Gasteiger partial charge in [-0.3, -0.25) is 9.59 Å². The molecule has 0 atom stereocenters. The molecular formula is C16H16N4O3S2. The number of carbonyl (C=O) groups is 1. The number of rotatable bonds is 5. The van der Waals surface area contributed by atoms with E-state index in [0.717, 1.165) is 22.0 Å². The standard InChI is InChI=1S/C16H16N4O3S2/c1-8(2)12-13(22)19-15(20-14(12)23)24-7-11(21)18-16-17-9-5-3-4-6-10(9)25-16/h3-6,8H,7H2,1-2H3,(H,17,18,21)(H2,19,20,22,23). The highest BCUT2D eigenvalue weighted by atomic mass is 32.2. The molecule has 9 heteroatoms. The molecule has 3 rings (SSSR count). The number of H-pyrrole nitrogens is 1. The molecule has 1 amide bonds. The van der Waals surface area contributed by atoms with Crippen molar-refractivity contribution in [2.24, 2.45) is 0 Å². The molecule has 0 aliphatic heterocycles. The quantitative estimate of drug-likeness (QED) is 0.467. The zero-order valence-electron chi connectivity index (χ0n) is 13.6. The van der Waals surface area contributed by atoms with E-state index in [-0.39, 0.29) is 34.2 Å². The van der Waals surface area contributed by atoms with Gasteiger partial charge in [0.15, 0.2) is 10.3 Å². The van der Waals surface area contributed by atoms with Crippen LogP contribution in [-0.4, -0.2) is 31.7 Å². The van der Waals surface area contributed by atoms with Crippen LogP contribution in [-0.2, 0) is 4.79 Å². The van der Waals surface area contributed by atoms with Crippen LogP contribution in [0.3, 0.4) is 0 Å². The second-order valence-corrected chi connectivity index (χ2v) is 7.58. The van der Waals surface area contributed by atoms with Gasteiger partial charge in [0, 0.05) is 0 Å². The van der Waals surface area contributed by atoms with Crippen molar-refractivity contribution < 1.29 is 9.90 Å². The minimum atomic E-state index is -0.392. The third-order valence-corrected chi connectivity index (χ3v) is 5.20. The van der Waals surface area contributed by atoms with Crippen molar-refractivity contribution in [3.8, 4) is 5.88 Å². The van der Waals surface area contributed by atoms with Gasteiger partial charge in [-0.05, 0) is 18.1 Å². The van der Waals surface area contributed by atoms with Gasteiger partial charge in [-0.2, -0.15) is 4.98 Å². The van der Waals surface area contributed by atoms with E-state index < -0.39 is 5.56 Å². The number of thiazole rings is 1. The number of carbonyl (C=O) groups excluding carboxylic acids is 1. The first-order valence-electron chi connectivity index (χ1n) is 7.55. The number of hydrogen-bond acceptors (Lipinski definition) is 7. The Labute approximate surface area is 151 Å². The fourth-order valence-electron chi connectivity index (χ4n) is 2.25. The Morgan fingerprint density at radius 2 is 2.12 bits per heavy atom. The summed E-state index contributed by atoms with van der Waals surface area (Å²) < 4.78 is 0.991. The lowest BCUT2D eigenvalue weighted by Crippen LogP contribution is -2.18. The smallest absolute Gasteiger partial charge is 0.258 e. The maximum Gasteiger partial charge on any atom is 0.258 e. The van der Waals surface area contributed by atoms with E-state index in [4.69, 9.17) is 0 Å². The molecule has 0 radical (unpaired) electrons. The number of fused-ring (bicyclic) bond motifs is 1. The van der Waals surface area contributed by atoms with Gasteiger partial charge in [0.2, 0.25) is 11.8 Å². The molecule has 0 aliphatic carbocycles. The summed E-state index contributed by atoms with van der Waals surface area (Å²) in [5.41, 5.74) is 0.676. The number of aromatic amines is 1. The number of benzene rings is 1. The molecule has 7 nitrogen and oxygen atoms in total. The summed E-state index contributed by atoms with van der Waals surface area (Å²) in [4.78, 5) is 34.9. The van der Waals surface area contributed by atoms with Gasteiger partial charge < -0.3 is 15.4 Å². The van der Waals surface area contributed by atoms with Crippen molar-refractivity contribution in [3.05, 3.63) is 40.2 Å². The molecule has 0 bridgehead atoms. The summed E-state index contributed by atoms with van der Waals surface area (Å²) in [5.74, 6) is -0.663. The van der Waals surface area contributed by atoms with E-state index in [2.05, 4.69) is 20.3 Å². The SMILES string of the molecule is CC(C)c1c(O)nc(SCC(=O)Nc2nc3ccccc3s2)[nH]c1=O. The maximum absolute atomic E-state index is 12.1. The van der Waals surface area contributed by atoms with Gasteiger partial charge in [0.05, 0.1) is 21.5 Å². The number of aromatic hydroxyl groups is 1. The van der Waals surface area contributed by atoms with Gasteiger partial charge in [0.25, 0.3) is 5.56 Å². The van der Waals surface area contributed by atoms with E-state index in [9.17, 15) is 14.7 Å². The first-order valence-corrected chi connectivity index (χ1v) is 9.35. The average Bonchev–Trinajstić information content (AvgIpc) is 2.94. The van der Waals surface area contributed by atoms with Gasteiger partial charge in [-0.1, -0.05) is 49.1 Å². The van der Waals surface area contributed by atoms with Crippen molar-refractivity contribution in [1.82, 2.24) is 15.0 Å². The normalized spacial score (nSPS) is 11.2. The molecule has 0 unspecified atom stereocenters. The second-order valence-electron chi connectivity index (χ2n) is 5.59. The monoisotopic (exact) mass is 376 g/mol. The number of aromatic nitrogens is 3. The van der Waals surface area contributed by atoms with Crippen molar-refractivity contribution in [1.29, 1.82) is 0 Å². The topological polar surface area (TPSA) is 108 Å². The zero-order valence-corrected chi connectivity index (χ0v) is 15.2. The number of para-hydroxylation sites is 1. The molecule has 25 heavy (non-hydrogen) atoms. The van der Waals surface area contributed by atoms with Crippen LogP contribution in [0.25, 0.3) is 10.2 Å². The first kappa shape index (κ1) is 17.4. The first-order chi connectivity index (χ1) is 11.9. The Kier molecular flexibility index (Phi) is 5.05. The third kappa shape index (κ3) is 3.99.